The second kappa shape index (κ2) is 4.74. The number of fused-ring (bicyclic) bond motifs is 1. The van der Waals surface area contributed by atoms with Crippen LogP contribution < -0.4 is 10.4 Å². The van der Waals surface area contributed by atoms with Gasteiger partial charge in [-0.05, 0) is 51.4 Å². The Balaban J connectivity index is 2.27. The average molecular weight is 244 g/mol. The van der Waals surface area contributed by atoms with Crippen molar-refractivity contribution in [2.45, 2.75) is 6.92 Å². The van der Waals surface area contributed by atoms with E-state index in [4.69, 9.17) is 0 Å². The fourth-order valence-corrected chi connectivity index (χ4v) is 2.37. The maximum atomic E-state index is 4.08. The Morgan fingerprint density at radius 1 is 0.842 bits per heavy atom. The molecular weight excluding hydrogens is 228 g/mol. The van der Waals surface area contributed by atoms with Gasteiger partial charge in [0.05, 0.1) is 0 Å². The van der Waals surface area contributed by atoms with Gasteiger partial charge in [-0.1, -0.05) is 61.2 Å². The summed E-state index contributed by atoms with van der Waals surface area (Å²) in [5.41, 5.74) is 2.55. The molecule has 0 bridgehead atoms. The molecule has 0 spiro atoms. The van der Waals surface area contributed by atoms with Crippen LogP contribution in [0, 0.1) is 6.92 Å². The van der Waals surface area contributed by atoms with Gasteiger partial charge >= 0.3 is 0 Å². The third kappa shape index (κ3) is 2.30. The van der Waals surface area contributed by atoms with Crippen molar-refractivity contribution in [3.05, 3.63) is 82.2 Å². The van der Waals surface area contributed by atoms with Crippen LogP contribution in [0.4, 0.5) is 0 Å². The van der Waals surface area contributed by atoms with E-state index in [-0.39, 0.29) is 0 Å². The first-order valence-corrected chi connectivity index (χ1v) is 6.49. The van der Waals surface area contributed by atoms with E-state index >= 15 is 0 Å². The number of hydrogen-bond acceptors (Lipinski definition) is 0. The first-order chi connectivity index (χ1) is 9.24. The molecule has 19 heavy (non-hydrogen) atoms. The molecule has 3 aromatic carbocycles. The first kappa shape index (κ1) is 11.7. The smallest absolute Gasteiger partial charge is 0.0178 e. The van der Waals surface area contributed by atoms with Gasteiger partial charge in [0.2, 0.25) is 0 Å². The molecule has 0 heteroatoms. The molecule has 0 atom stereocenters. The number of rotatable bonds is 1. The molecular formula is C19H16. The third-order valence-corrected chi connectivity index (χ3v) is 3.50. The lowest BCUT2D eigenvalue weighted by molar-refractivity contribution is 1.45. The summed E-state index contributed by atoms with van der Waals surface area (Å²) in [5, 5.41) is 4.82. The van der Waals surface area contributed by atoms with Crippen LogP contribution in [-0.2, 0) is 0 Å². The van der Waals surface area contributed by atoms with Crippen LogP contribution >= 0.6 is 0 Å². The Labute approximate surface area is 113 Å². The molecule has 0 aliphatic heterocycles. The van der Waals surface area contributed by atoms with Crippen LogP contribution in [0.1, 0.15) is 11.1 Å². The average Bonchev–Trinajstić information content (AvgIpc) is 2.42. The van der Waals surface area contributed by atoms with Crippen LogP contribution in [0.3, 0.4) is 0 Å². The van der Waals surface area contributed by atoms with Gasteiger partial charge in [-0.15, -0.1) is 0 Å². The highest BCUT2D eigenvalue weighted by Gasteiger charge is 1.98. The molecule has 0 aliphatic carbocycles. The van der Waals surface area contributed by atoms with Gasteiger partial charge in [-0.3, -0.25) is 0 Å². The summed E-state index contributed by atoms with van der Waals surface area (Å²) in [6, 6.07) is 21.2. The standard InChI is InChI=1S/C19H16/c1-14-7-3-4-8-16(14)12-19-13-18-10-6-5-9-17(18)11-15(19)2/h3-13H,1H2,2H3/b16-12-. The van der Waals surface area contributed by atoms with E-state index in [2.05, 4.69) is 68.1 Å². The topological polar surface area (TPSA) is 0 Å². The zero-order valence-electron chi connectivity index (χ0n) is 11.1. The largest absolute Gasteiger partial charge is 0.0912 e. The van der Waals surface area contributed by atoms with Crippen LogP contribution in [0.2, 0.25) is 0 Å². The molecule has 0 aliphatic rings. The lowest BCUT2D eigenvalue weighted by atomic mass is 10.0. The minimum atomic E-state index is 1.06. The molecule has 0 N–H and O–H groups in total. The fraction of sp³-hybridized carbons (Fsp3) is 0.0526. The Hall–Kier alpha value is -2.34. The van der Waals surface area contributed by atoms with E-state index in [0.29, 0.717) is 0 Å². The van der Waals surface area contributed by atoms with Gasteiger partial charge in [0, 0.05) is 0 Å². The zero-order valence-corrected chi connectivity index (χ0v) is 11.1. The molecule has 3 rings (SSSR count). The lowest BCUT2D eigenvalue weighted by Gasteiger charge is -2.04. The summed E-state index contributed by atoms with van der Waals surface area (Å²) in [7, 11) is 0. The van der Waals surface area contributed by atoms with Gasteiger partial charge in [0.1, 0.15) is 0 Å². The van der Waals surface area contributed by atoms with Crippen molar-refractivity contribution >= 4 is 23.4 Å². The van der Waals surface area contributed by atoms with Crippen molar-refractivity contribution in [2.75, 3.05) is 0 Å². The highest BCUT2D eigenvalue weighted by atomic mass is 14.0. The Morgan fingerprint density at radius 3 is 2.21 bits per heavy atom. The van der Waals surface area contributed by atoms with Crippen molar-refractivity contribution in [3.8, 4) is 0 Å². The summed E-state index contributed by atoms with van der Waals surface area (Å²) in [5.74, 6) is 0. The molecule has 3 aromatic rings. The monoisotopic (exact) mass is 244 g/mol. The van der Waals surface area contributed by atoms with Crippen molar-refractivity contribution in [3.63, 3.8) is 0 Å². The van der Waals surface area contributed by atoms with Gasteiger partial charge < -0.3 is 0 Å². The van der Waals surface area contributed by atoms with E-state index in [1.165, 1.54) is 27.1 Å². The molecule has 0 unspecified atom stereocenters. The zero-order chi connectivity index (χ0) is 13.2. The van der Waals surface area contributed by atoms with Crippen molar-refractivity contribution in [2.24, 2.45) is 0 Å². The molecule has 0 amide bonds. The molecule has 0 saturated carbocycles. The van der Waals surface area contributed by atoms with E-state index < -0.39 is 0 Å². The lowest BCUT2D eigenvalue weighted by Crippen LogP contribution is -2.21. The Morgan fingerprint density at radius 2 is 1.47 bits per heavy atom. The normalized spacial score (nSPS) is 11.9. The summed E-state index contributed by atoms with van der Waals surface area (Å²) in [6.07, 6.45) is 2.21. The molecule has 0 nitrogen and oxygen atoms in total. The fourth-order valence-electron chi connectivity index (χ4n) is 2.37. The summed E-state index contributed by atoms with van der Waals surface area (Å²) in [6.45, 7) is 6.23. The summed E-state index contributed by atoms with van der Waals surface area (Å²) in [4.78, 5) is 0. The van der Waals surface area contributed by atoms with Gasteiger partial charge in [-0.25, -0.2) is 0 Å². The van der Waals surface area contributed by atoms with Crippen molar-refractivity contribution in [1.29, 1.82) is 0 Å². The van der Waals surface area contributed by atoms with E-state index in [0.717, 1.165) is 5.22 Å². The van der Waals surface area contributed by atoms with Crippen LogP contribution in [0.25, 0.3) is 23.4 Å². The van der Waals surface area contributed by atoms with Crippen molar-refractivity contribution < 1.29 is 0 Å². The second-order valence-electron chi connectivity index (χ2n) is 4.90. The maximum Gasteiger partial charge on any atom is -0.0178 e. The predicted molar refractivity (Wildman–Crippen MR) is 83.5 cm³/mol. The maximum absolute atomic E-state index is 4.08. The van der Waals surface area contributed by atoms with E-state index in [9.17, 15) is 0 Å². The van der Waals surface area contributed by atoms with Crippen molar-refractivity contribution in [1.82, 2.24) is 0 Å². The van der Waals surface area contributed by atoms with E-state index in [1.54, 1.807) is 0 Å². The molecule has 0 aromatic heterocycles. The minimum Gasteiger partial charge on any atom is -0.0912 e. The van der Waals surface area contributed by atoms with Crippen LogP contribution in [-0.4, -0.2) is 0 Å². The third-order valence-electron chi connectivity index (χ3n) is 3.50. The van der Waals surface area contributed by atoms with Gasteiger partial charge in [0.25, 0.3) is 0 Å². The highest BCUT2D eigenvalue weighted by Crippen LogP contribution is 2.19. The second-order valence-corrected chi connectivity index (χ2v) is 4.90. The molecule has 0 saturated heterocycles. The minimum absolute atomic E-state index is 1.06. The molecule has 0 heterocycles. The first-order valence-electron chi connectivity index (χ1n) is 6.49. The Kier molecular flexibility index (Phi) is 2.92. The van der Waals surface area contributed by atoms with Gasteiger partial charge in [0.15, 0.2) is 0 Å². The quantitative estimate of drug-likeness (QED) is 0.615. The molecule has 92 valence electrons. The molecule has 0 radical (unpaired) electrons. The number of benzene rings is 3. The van der Waals surface area contributed by atoms with E-state index in [1.807, 2.05) is 12.1 Å². The summed E-state index contributed by atoms with van der Waals surface area (Å²) >= 11 is 0. The molecule has 0 fully saturated rings. The Bertz CT molecular complexity index is 841. The summed E-state index contributed by atoms with van der Waals surface area (Å²) < 4.78 is 0. The van der Waals surface area contributed by atoms with Crippen LogP contribution in [0.5, 0.6) is 0 Å². The number of aryl methyl sites for hydroxylation is 1. The predicted octanol–water partition coefficient (Wildman–Crippen LogP) is 3.39. The van der Waals surface area contributed by atoms with Crippen LogP contribution in [0.15, 0.2) is 60.7 Å². The number of hydrogen-bond donors (Lipinski definition) is 0. The van der Waals surface area contributed by atoms with Gasteiger partial charge in [-0.2, -0.15) is 0 Å². The SMILES string of the molecule is C=c1cccc/c1=C/c1cc2ccccc2cc1C. The highest BCUT2D eigenvalue weighted by molar-refractivity contribution is 5.85.